The third-order valence-electron chi connectivity index (χ3n) is 2.13. The maximum Gasteiger partial charge on any atom is 1.00 e. The Morgan fingerprint density at radius 2 is 2.14 bits per heavy atom. The molecule has 1 N–H and O–H groups in total. The Bertz CT molecular complexity index is 742. The molecule has 2 heterocycles. The number of nitrogens with one attached hydrogen (secondary N) is 1. The summed E-state index contributed by atoms with van der Waals surface area (Å²) in [5.41, 5.74) is 2.51. The van der Waals surface area contributed by atoms with Crippen LogP contribution in [0.4, 0.5) is 0 Å². The second kappa shape index (κ2) is 7.48. The number of hydrazone groups is 1. The van der Waals surface area contributed by atoms with E-state index in [4.69, 9.17) is 4.42 Å². The van der Waals surface area contributed by atoms with Crippen molar-refractivity contribution < 1.29 is 51.7 Å². The molecule has 0 saturated heterocycles. The van der Waals surface area contributed by atoms with Crippen molar-refractivity contribution in [2.75, 3.05) is 0 Å². The summed E-state index contributed by atoms with van der Waals surface area (Å²) in [7, 11) is -4.64. The average molecular weight is 317 g/mol. The number of hydrogen-bond donors (Lipinski definition) is 1. The van der Waals surface area contributed by atoms with Crippen LogP contribution in [-0.2, 0) is 10.1 Å². The van der Waals surface area contributed by atoms with Crippen LogP contribution in [0, 0.1) is 0 Å². The summed E-state index contributed by atoms with van der Waals surface area (Å²) < 4.78 is 36.7. The SMILES string of the molecule is O=C(N/N=C/c1ccc(S(=O)(=O)[O-])o1)c1cccnc1.[Na+]. The van der Waals surface area contributed by atoms with Crippen LogP contribution in [0.2, 0.25) is 0 Å². The van der Waals surface area contributed by atoms with Gasteiger partial charge in [-0.15, -0.1) is 0 Å². The molecule has 0 aromatic carbocycles. The number of nitrogens with zero attached hydrogens (tertiary/aromatic N) is 2. The van der Waals surface area contributed by atoms with Crippen molar-refractivity contribution in [1.82, 2.24) is 10.4 Å². The van der Waals surface area contributed by atoms with E-state index in [0.717, 1.165) is 12.3 Å². The predicted molar refractivity (Wildman–Crippen MR) is 66.0 cm³/mol. The minimum Gasteiger partial charge on any atom is -0.742 e. The largest absolute Gasteiger partial charge is 1.00 e. The molecule has 1 amide bonds. The molecule has 8 nitrogen and oxygen atoms in total. The van der Waals surface area contributed by atoms with Gasteiger partial charge in [-0.3, -0.25) is 9.78 Å². The second-order valence-corrected chi connectivity index (χ2v) is 4.86. The van der Waals surface area contributed by atoms with Crippen LogP contribution in [0.25, 0.3) is 0 Å². The maximum absolute atomic E-state index is 11.6. The van der Waals surface area contributed by atoms with Crippen molar-refractivity contribution in [1.29, 1.82) is 0 Å². The van der Waals surface area contributed by atoms with E-state index in [1.54, 1.807) is 12.1 Å². The molecule has 104 valence electrons. The molecule has 0 unspecified atom stereocenters. The van der Waals surface area contributed by atoms with Crippen molar-refractivity contribution in [3.63, 3.8) is 0 Å². The molecule has 0 aliphatic rings. The summed E-state index contributed by atoms with van der Waals surface area (Å²) in [5.74, 6) is -0.469. The average Bonchev–Trinajstić information content (AvgIpc) is 2.88. The Balaban J connectivity index is 0.00000220. The van der Waals surface area contributed by atoms with Crippen LogP contribution in [0.5, 0.6) is 0 Å². The summed E-state index contributed by atoms with van der Waals surface area (Å²) in [6, 6.07) is 5.39. The molecule has 0 aliphatic heterocycles. The van der Waals surface area contributed by atoms with Crippen LogP contribution < -0.4 is 35.0 Å². The maximum atomic E-state index is 11.6. The van der Waals surface area contributed by atoms with E-state index in [2.05, 4.69) is 15.5 Å². The zero-order valence-electron chi connectivity index (χ0n) is 10.9. The number of carbonyl (C=O) groups excluding carboxylic acids is 1. The van der Waals surface area contributed by atoms with Gasteiger partial charge in [-0.25, -0.2) is 13.8 Å². The molecule has 0 radical (unpaired) electrons. The Morgan fingerprint density at radius 3 is 2.71 bits per heavy atom. The van der Waals surface area contributed by atoms with Gasteiger partial charge in [-0.2, -0.15) is 5.10 Å². The minimum atomic E-state index is -4.64. The van der Waals surface area contributed by atoms with Gasteiger partial charge in [-0.05, 0) is 24.3 Å². The van der Waals surface area contributed by atoms with E-state index >= 15 is 0 Å². The third-order valence-corrected chi connectivity index (χ3v) is 2.84. The summed E-state index contributed by atoms with van der Waals surface area (Å²) in [4.78, 5) is 15.3. The molecule has 0 bridgehead atoms. The normalized spacial score (nSPS) is 11.1. The van der Waals surface area contributed by atoms with Crippen molar-refractivity contribution >= 4 is 22.2 Å². The zero-order valence-corrected chi connectivity index (χ0v) is 13.7. The summed E-state index contributed by atoms with van der Waals surface area (Å²) in [5, 5.41) is 2.86. The van der Waals surface area contributed by atoms with Gasteiger partial charge in [0, 0.05) is 12.4 Å². The summed E-state index contributed by atoms with van der Waals surface area (Å²) in [6.45, 7) is 0. The molecule has 0 saturated carbocycles. The fourth-order valence-corrected chi connectivity index (χ4v) is 1.69. The number of aromatic nitrogens is 1. The Morgan fingerprint density at radius 1 is 1.38 bits per heavy atom. The van der Waals surface area contributed by atoms with Crippen molar-refractivity contribution in [3.05, 3.63) is 48.0 Å². The first-order valence-corrected chi connectivity index (χ1v) is 6.67. The first-order chi connectivity index (χ1) is 9.47. The predicted octanol–water partition coefficient (Wildman–Crippen LogP) is -2.65. The van der Waals surface area contributed by atoms with Crippen LogP contribution in [-0.4, -0.2) is 30.1 Å². The van der Waals surface area contributed by atoms with Crippen LogP contribution in [0.15, 0.2) is 51.3 Å². The van der Waals surface area contributed by atoms with Crippen molar-refractivity contribution in [3.8, 4) is 0 Å². The molecular formula is C11H8N3NaO5S. The molecule has 21 heavy (non-hydrogen) atoms. The second-order valence-electron chi connectivity index (χ2n) is 3.55. The summed E-state index contributed by atoms with van der Waals surface area (Å²) >= 11 is 0. The van der Waals surface area contributed by atoms with Gasteiger partial charge in [0.25, 0.3) is 5.91 Å². The topological polar surface area (TPSA) is 125 Å². The molecule has 2 aromatic heterocycles. The molecule has 0 aliphatic carbocycles. The van der Waals surface area contributed by atoms with E-state index in [9.17, 15) is 17.8 Å². The van der Waals surface area contributed by atoms with E-state index in [0.29, 0.717) is 5.56 Å². The first kappa shape index (κ1) is 17.5. The van der Waals surface area contributed by atoms with Crippen LogP contribution in [0.3, 0.4) is 0 Å². The Hall–Kier alpha value is -1.52. The third kappa shape index (κ3) is 5.06. The quantitative estimate of drug-likeness (QED) is 0.284. The van der Waals surface area contributed by atoms with E-state index < -0.39 is 21.1 Å². The fourth-order valence-electron chi connectivity index (χ4n) is 1.25. The van der Waals surface area contributed by atoms with Gasteiger partial charge in [0.2, 0.25) is 5.09 Å². The van der Waals surface area contributed by atoms with Gasteiger partial charge >= 0.3 is 29.6 Å². The van der Waals surface area contributed by atoms with E-state index in [1.165, 1.54) is 18.5 Å². The molecule has 2 rings (SSSR count). The molecule has 2 aromatic rings. The number of pyridine rings is 1. The van der Waals surface area contributed by atoms with Gasteiger partial charge in [-0.1, -0.05) is 0 Å². The number of amides is 1. The van der Waals surface area contributed by atoms with Crippen molar-refractivity contribution in [2.45, 2.75) is 5.09 Å². The molecule has 10 heteroatoms. The standard InChI is InChI=1S/C11H9N3O5S.Na/c15-11(8-2-1-5-12-6-8)14-13-7-9-3-4-10(19-9)20(16,17)18;/h1-7H,(H,14,15)(H,16,17,18);/q;+1/p-1/b13-7+;. The zero-order chi connectivity index (χ0) is 14.6. The number of rotatable bonds is 4. The Labute approximate surface area is 142 Å². The van der Waals surface area contributed by atoms with Crippen LogP contribution in [0.1, 0.15) is 16.1 Å². The fraction of sp³-hybridized carbons (Fsp3) is 0. The van der Waals surface area contributed by atoms with E-state index in [-0.39, 0.29) is 35.3 Å². The smallest absolute Gasteiger partial charge is 0.742 e. The van der Waals surface area contributed by atoms with Gasteiger partial charge in [0.1, 0.15) is 5.76 Å². The minimum absolute atomic E-state index is 0. The molecule has 0 fully saturated rings. The monoisotopic (exact) mass is 317 g/mol. The van der Waals surface area contributed by atoms with E-state index in [1.807, 2.05) is 0 Å². The molecular weight excluding hydrogens is 309 g/mol. The van der Waals surface area contributed by atoms with Gasteiger partial charge < -0.3 is 8.97 Å². The number of furan rings is 1. The van der Waals surface area contributed by atoms with Gasteiger partial charge in [0.15, 0.2) is 10.1 Å². The van der Waals surface area contributed by atoms with Crippen LogP contribution >= 0.6 is 0 Å². The van der Waals surface area contributed by atoms with Crippen molar-refractivity contribution in [2.24, 2.45) is 5.10 Å². The van der Waals surface area contributed by atoms with Gasteiger partial charge in [0.05, 0.1) is 11.8 Å². The number of hydrogen-bond acceptors (Lipinski definition) is 7. The summed E-state index contributed by atoms with van der Waals surface area (Å²) in [6.07, 6.45) is 3.95. The Kier molecular flexibility index (Phi) is 6.24. The first-order valence-electron chi connectivity index (χ1n) is 5.26. The molecule has 0 spiro atoms. The number of carbonyl (C=O) groups is 1. The molecule has 0 atom stereocenters.